The molecule has 1 unspecified atom stereocenters. The van der Waals surface area contributed by atoms with Gasteiger partial charge >= 0.3 is 0 Å². The number of hydrogen-bond acceptors (Lipinski definition) is 0. The van der Waals surface area contributed by atoms with Crippen LogP contribution in [0.4, 0.5) is 0 Å². The summed E-state index contributed by atoms with van der Waals surface area (Å²) in [6.45, 7) is 2.23. The first kappa shape index (κ1) is 7.13. The van der Waals surface area contributed by atoms with Crippen LogP contribution in [-0.4, -0.2) is 7.85 Å². The zero-order chi connectivity index (χ0) is 6.20. The maximum Gasteiger partial charge on any atom is 0.146 e. The summed E-state index contributed by atoms with van der Waals surface area (Å²) < 4.78 is 1.42. The average molecular weight is 332 g/mol. The standard InChI is InChI=1S/C6H6I2/c1-5(4-7)6(8)2-3-6/h5H,4H2,1H3. The fraction of sp³-hybridized carbons (Fsp3) is 0.667. The summed E-state index contributed by atoms with van der Waals surface area (Å²) in [6, 6.07) is 0. The third-order valence-corrected chi connectivity index (χ3v) is 4.20. The van der Waals surface area contributed by atoms with E-state index in [1.165, 1.54) is 4.43 Å². The number of halogens is 2. The van der Waals surface area contributed by atoms with E-state index in [4.69, 9.17) is 0 Å². The van der Waals surface area contributed by atoms with Crippen molar-refractivity contribution in [1.29, 1.82) is 0 Å². The Kier molecular flexibility index (Phi) is 2.08. The summed E-state index contributed by atoms with van der Waals surface area (Å²) >= 11 is 4.78. The van der Waals surface area contributed by atoms with E-state index in [2.05, 4.69) is 63.9 Å². The molecule has 1 aliphatic rings. The second-order valence-electron chi connectivity index (χ2n) is 2.02. The molecule has 1 atom stereocenters. The predicted molar refractivity (Wildman–Crippen MR) is 52.6 cm³/mol. The van der Waals surface area contributed by atoms with Gasteiger partial charge in [0.05, 0.1) is 0 Å². The molecule has 0 nitrogen and oxygen atoms in total. The Morgan fingerprint density at radius 1 is 1.62 bits per heavy atom. The van der Waals surface area contributed by atoms with Crippen molar-refractivity contribution in [2.24, 2.45) is 5.92 Å². The van der Waals surface area contributed by atoms with Crippen LogP contribution in [0, 0.1) is 17.8 Å². The zero-order valence-electron chi connectivity index (χ0n) is 4.54. The lowest BCUT2D eigenvalue weighted by molar-refractivity contribution is 0.687. The molecule has 1 rings (SSSR count). The Bertz CT molecular complexity index is 144. The Hall–Kier alpha value is 1.02. The lowest BCUT2D eigenvalue weighted by Gasteiger charge is -2.10. The quantitative estimate of drug-likeness (QED) is 0.413. The summed E-state index contributed by atoms with van der Waals surface area (Å²) in [5.74, 6) is 6.90. The molecule has 0 amide bonds. The maximum atomic E-state index is 3.09. The van der Waals surface area contributed by atoms with Crippen molar-refractivity contribution >= 4 is 45.2 Å². The van der Waals surface area contributed by atoms with Crippen LogP contribution in [0.1, 0.15) is 6.92 Å². The number of rotatable bonds is 2. The molecule has 0 bridgehead atoms. The van der Waals surface area contributed by atoms with E-state index in [0.29, 0.717) is 5.92 Å². The number of hydrogen-bond donors (Lipinski definition) is 0. The normalized spacial score (nSPS) is 23.4. The first-order valence-corrected chi connectivity index (χ1v) is 5.08. The highest BCUT2D eigenvalue weighted by atomic mass is 127. The van der Waals surface area contributed by atoms with Gasteiger partial charge in [-0.1, -0.05) is 41.4 Å². The minimum atomic E-state index is 0.221. The Labute approximate surface area is 77.1 Å². The zero-order valence-corrected chi connectivity index (χ0v) is 8.86. The highest BCUT2D eigenvalue weighted by Gasteiger charge is 2.35. The van der Waals surface area contributed by atoms with Gasteiger partial charge in [0.15, 0.2) is 0 Å². The van der Waals surface area contributed by atoms with Gasteiger partial charge in [-0.05, 0) is 22.6 Å². The first-order chi connectivity index (χ1) is 3.69. The van der Waals surface area contributed by atoms with Crippen molar-refractivity contribution in [2.45, 2.75) is 10.3 Å². The molecule has 0 saturated carbocycles. The van der Waals surface area contributed by atoms with E-state index < -0.39 is 0 Å². The predicted octanol–water partition coefficient (Wildman–Crippen LogP) is 2.25. The molecule has 2 heteroatoms. The molecule has 0 fully saturated rings. The van der Waals surface area contributed by atoms with Gasteiger partial charge in [-0.3, -0.25) is 0 Å². The summed E-state index contributed by atoms with van der Waals surface area (Å²) in [5.41, 5.74) is 0. The van der Waals surface area contributed by atoms with Gasteiger partial charge in [-0.15, -0.1) is 0 Å². The summed E-state index contributed by atoms with van der Waals surface area (Å²) in [4.78, 5) is 0. The summed E-state index contributed by atoms with van der Waals surface area (Å²) in [6.07, 6.45) is 0. The fourth-order valence-electron chi connectivity index (χ4n) is 0.412. The van der Waals surface area contributed by atoms with E-state index >= 15 is 0 Å². The fourth-order valence-corrected chi connectivity index (χ4v) is 2.27. The van der Waals surface area contributed by atoms with Crippen molar-refractivity contribution in [3.8, 4) is 11.8 Å². The van der Waals surface area contributed by atoms with Crippen LogP contribution in [0.5, 0.6) is 0 Å². The molecule has 0 aromatic rings. The molecule has 0 N–H and O–H groups in total. The smallest absolute Gasteiger partial charge is 0.0860 e. The minimum absolute atomic E-state index is 0.221. The lowest BCUT2D eigenvalue weighted by atomic mass is 10.1. The summed E-state index contributed by atoms with van der Waals surface area (Å²) in [5, 5.41) is 0. The highest BCUT2D eigenvalue weighted by molar-refractivity contribution is 14.1. The molecule has 8 heavy (non-hydrogen) atoms. The van der Waals surface area contributed by atoms with Gasteiger partial charge < -0.3 is 0 Å². The monoisotopic (exact) mass is 332 g/mol. The van der Waals surface area contributed by atoms with Crippen molar-refractivity contribution in [3.05, 3.63) is 0 Å². The largest absolute Gasteiger partial charge is 0.146 e. The lowest BCUT2D eigenvalue weighted by Crippen LogP contribution is -2.16. The highest BCUT2D eigenvalue weighted by Crippen LogP contribution is 2.35. The molecular formula is C6H6I2. The minimum Gasteiger partial charge on any atom is -0.0860 e. The van der Waals surface area contributed by atoms with E-state index in [1.807, 2.05) is 0 Å². The average Bonchev–Trinajstić information content (AvgIpc) is 2.47. The molecule has 0 aliphatic heterocycles. The molecule has 44 valence electrons. The molecular weight excluding hydrogens is 326 g/mol. The van der Waals surface area contributed by atoms with Crippen LogP contribution in [0.15, 0.2) is 0 Å². The SMILES string of the molecule is CC(CI)C1(I)C#C1. The second kappa shape index (κ2) is 2.33. The Balaban J connectivity index is 2.36. The van der Waals surface area contributed by atoms with Crippen LogP contribution in [-0.2, 0) is 0 Å². The first-order valence-electron chi connectivity index (χ1n) is 2.48. The molecule has 0 aromatic carbocycles. The molecule has 1 aliphatic carbocycles. The van der Waals surface area contributed by atoms with Gasteiger partial charge in [0.2, 0.25) is 0 Å². The maximum absolute atomic E-state index is 3.09. The topological polar surface area (TPSA) is 0 Å². The van der Waals surface area contributed by atoms with E-state index in [1.54, 1.807) is 0 Å². The third-order valence-electron chi connectivity index (χ3n) is 1.27. The van der Waals surface area contributed by atoms with Crippen molar-refractivity contribution in [3.63, 3.8) is 0 Å². The van der Waals surface area contributed by atoms with Crippen molar-refractivity contribution < 1.29 is 0 Å². The van der Waals surface area contributed by atoms with Crippen LogP contribution in [0.3, 0.4) is 0 Å². The van der Waals surface area contributed by atoms with Gasteiger partial charge in [0.25, 0.3) is 0 Å². The van der Waals surface area contributed by atoms with Gasteiger partial charge in [-0.25, -0.2) is 0 Å². The second-order valence-corrected chi connectivity index (χ2v) is 4.60. The molecule has 0 heterocycles. The third kappa shape index (κ3) is 1.29. The molecule has 0 saturated heterocycles. The van der Waals surface area contributed by atoms with Crippen molar-refractivity contribution in [2.75, 3.05) is 4.43 Å². The molecule has 0 aromatic heterocycles. The Morgan fingerprint density at radius 3 is 2.25 bits per heavy atom. The molecule has 0 spiro atoms. The van der Waals surface area contributed by atoms with E-state index in [-0.39, 0.29) is 3.42 Å². The van der Waals surface area contributed by atoms with E-state index in [9.17, 15) is 0 Å². The molecule has 0 radical (unpaired) electrons. The van der Waals surface area contributed by atoms with Crippen LogP contribution < -0.4 is 0 Å². The van der Waals surface area contributed by atoms with Crippen LogP contribution >= 0.6 is 45.2 Å². The van der Waals surface area contributed by atoms with Crippen LogP contribution in [0.25, 0.3) is 0 Å². The van der Waals surface area contributed by atoms with Crippen molar-refractivity contribution in [1.82, 2.24) is 0 Å². The van der Waals surface area contributed by atoms with E-state index in [0.717, 1.165) is 0 Å². The summed E-state index contributed by atoms with van der Waals surface area (Å²) in [7, 11) is 0. The van der Waals surface area contributed by atoms with Gasteiger partial charge in [-0.2, -0.15) is 0 Å². The Morgan fingerprint density at radius 2 is 2.12 bits per heavy atom. The van der Waals surface area contributed by atoms with Crippen LogP contribution in [0.2, 0.25) is 0 Å². The number of alkyl halides is 2. The van der Waals surface area contributed by atoms with Gasteiger partial charge in [0.1, 0.15) is 3.42 Å². The van der Waals surface area contributed by atoms with Gasteiger partial charge in [0, 0.05) is 10.3 Å².